The smallest absolute Gasteiger partial charge is 0.123 e. The van der Waals surface area contributed by atoms with Gasteiger partial charge in [0, 0.05) is 5.92 Å². The number of hydrogen-bond donors (Lipinski definition) is 1. The Kier molecular flexibility index (Phi) is 3.81. The van der Waals surface area contributed by atoms with E-state index in [-0.39, 0.29) is 11.7 Å². The molecule has 1 aliphatic rings. The average Bonchev–Trinajstić information content (AvgIpc) is 2.45. The standard InChI is InChI=1S/C19H21FO/c1-12-10-15(20)11-13(2)18(12)19(21)17-9-5-7-14-6-3-4-8-16(14)17/h3-4,6,8,10-11,17,19,21H,5,7,9H2,1-2H3. The van der Waals surface area contributed by atoms with Gasteiger partial charge in [0.2, 0.25) is 0 Å². The summed E-state index contributed by atoms with van der Waals surface area (Å²) in [4.78, 5) is 0. The molecule has 0 fully saturated rings. The summed E-state index contributed by atoms with van der Waals surface area (Å²) >= 11 is 0. The zero-order valence-corrected chi connectivity index (χ0v) is 12.6. The number of aliphatic hydroxyl groups excluding tert-OH is 1. The van der Waals surface area contributed by atoms with Gasteiger partial charge in [-0.05, 0) is 73.1 Å². The van der Waals surface area contributed by atoms with Crippen molar-refractivity contribution < 1.29 is 9.50 Å². The van der Waals surface area contributed by atoms with Crippen LogP contribution in [0.15, 0.2) is 36.4 Å². The van der Waals surface area contributed by atoms with Gasteiger partial charge in [-0.15, -0.1) is 0 Å². The SMILES string of the molecule is Cc1cc(F)cc(C)c1C(O)C1CCCc2ccccc21. The molecule has 1 nitrogen and oxygen atoms in total. The van der Waals surface area contributed by atoms with E-state index in [1.54, 1.807) is 0 Å². The van der Waals surface area contributed by atoms with E-state index < -0.39 is 6.10 Å². The highest BCUT2D eigenvalue weighted by Gasteiger charge is 2.29. The summed E-state index contributed by atoms with van der Waals surface area (Å²) in [6.45, 7) is 3.76. The highest BCUT2D eigenvalue weighted by molar-refractivity contribution is 5.41. The number of aryl methyl sites for hydroxylation is 3. The molecule has 2 atom stereocenters. The topological polar surface area (TPSA) is 20.2 Å². The van der Waals surface area contributed by atoms with Crippen molar-refractivity contribution in [3.8, 4) is 0 Å². The van der Waals surface area contributed by atoms with Gasteiger partial charge in [0.05, 0.1) is 6.10 Å². The first-order valence-electron chi connectivity index (χ1n) is 7.60. The van der Waals surface area contributed by atoms with Gasteiger partial charge in [0.15, 0.2) is 0 Å². The molecule has 1 aliphatic carbocycles. The van der Waals surface area contributed by atoms with Crippen LogP contribution in [0.1, 0.15) is 52.7 Å². The van der Waals surface area contributed by atoms with Crippen molar-refractivity contribution in [2.75, 3.05) is 0 Å². The lowest BCUT2D eigenvalue weighted by atomic mass is 9.76. The number of benzene rings is 2. The first kappa shape index (κ1) is 14.3. The lowest BCUT2D eigenvalue weighted by Crippen LogP contribution is -2.18. The second-order valence-electron chi connectivity index (χ2n) is 6.10. The molecule has 0 saturated heterocycles. The molecule has 0 amide bonds. The Morgan fingerprint density at radius 3 is 2.52 bits per heavy atom. The lowest BCUT2D eigenvalue weighted by molar-refractivity contribution is 0.134. The quantitative estimate of drug-likeness (QED) is 0.854. The van der Waals surface area contributed by atoms with Crippen LogP contribution < -0.4 is 0 Å². The van der Waals surface area contributed by atoms with E-state index in [0.717, 1.165) is 36.0 Å². The third-order valence-corrected chi connectivity index (χ3v) is 4.65. The minimum absolute atomic E-state index is 0.109. The second-order valence-corrected chi connectivity index (χ2v) is 6.10. The predicted molar refractivity (Wildman–Crippen MR) is 83.0 cm³/mol. The molecular formula is C19H21FO. The van der Waals surface area contributed by atoms with Crippen LogP contribution in [-0.4, -0.2) is 5.11 Å². The monoisotopic (exact) mass is 284 g/mol. The van der Waals surface area contributed by atoms with Gasteiger partial charge in [-0.3, -0.25) is 0 Å². The highest BCUT2D eigenvalue weighted by Crippen LogP contribution is 2.42. The van der Waals surface area contributed by atoms with Crippen molar-refractivity contribution in [1.82, 2.24) is 0 Å². The molecule has 0 radical (unpaired) electrons. The third kappa shape index (κ3) is 2.60. The highest BCUT2D eigenvalue weighted by atomic mass is 19.1. The largest absolute Gasteiger partial charge is 0.388 e. The number of rotatable bonds is 2. The number of aliphatic hydroxyl groups is 1. The van der Waals surface area contributed by atoms with Crippen LogP contribution in [0.3, 0.4) is 0 Å². The van der Waals surface area contributed by atoms with E-state index in [1.165, 1.54) is 23.3 Å². The molecule has 0 aliphatic heterocycles. The average molecular weight is 284 g/mol. The molecule has 0 spiro atoms. The summed E-state index contributed by atoms with van der Waals surface area (Å²) in [6, 6.07) is 11.4. The fraction of sp³-hybridized carbons (Fsp3) is 0.368. The first-order valence-corrected chi connectivity index (χ1v) is 7.60. The molecule has 0 heterocycles. The maximum atomic E-state index is 13.5. The van der Waals surface area contributed by atoms with Crippen molar-refractivity contribution in [3.05, 3.63) is 70.0 Å². The lowest BCUT2D eigenvalue weighted by Gasteiger charge is -2.31. The van der Waals surface area contributed by atoms with Crippen molar-refractivity contribution >= 4 is 0 Å². The van der Waals surface area contributed by atoms with Crippen molar-refractivity contribution in [3.63, 3.8) is 0 Å². The maximum Gasteiger partial charge on any atom is 0.123 e. The van der Waals surface area contributed by atoms with Crippen LogP contribution in [-0.2, 0) is 6.42 Å². The summed E-state index contributed by atoms with van der Waals surface area (Å²) in [5.74, 6) is -0.122. The number of fused-ring (bicyclic) bond motifs is 1. The predicted octanol–water partition coefficient (Wildman–Crippen LogP) is 4.60. The zero-order chi connectivity index (χ0) is 15.0. The number of hydrogen-bond acceptors (Lipinski definition) is 1. The van der Waals surface area contributed by atoms with E-state index in [0.29, 0.717) is 0 Å². The van der Waals surface area contributed by atoms with E-state index in [1.807, 2.05) is 19.9 Å². The Bertz CT molecular complexity index is 639. The first-order chi connectivity index (χ1) is 10.1. The van der Waals surface area contributed by atoms with Crippen molar-refractivity contribution in [2.24, 2.45) is 0 Å². The van der Waals surface area contributed by atoms with Crippen molar-refractivity contribution in [1.29, 1.82) is 0 Å². The Balaban J connectivity index is 2.03. The van der Waals surface area contributed by atoms with Crippen LogP contribution in [0.25, 0.3) is 0 Å². The van der Waals surface area contributed by atoms with Crippen LogP contribution in [0.2, 0.25) is 0 Å². The second kappa shape index (κ2) is 5.61. The maximum absolute atomic E-state index is 13.5. The van der Waals surface area contributed by atoms with Crippen molar-refractivity contribution in [2.45, 2.75) is 45.1 Å². The zero-order valence-electron chi connectivity index (χ0n) is 12.6. The normalized spacial score (nSPS) is 19.1. The summed E-state index contributed by atoms with van der Waals surface area (Å²) in [6.07, 6.45) is 2.60. The van der Waals surface area contributed by atoms with Gasteiger partial charge >= 0.3 is 0 Å². The fourth-order valence-electron chi connectivity index (χ4n) is 3.71. The summed E-state index contributed by atoms with van der Waals surface area (Å²) in [7, 11) is 0. The van der Waals surface area contributed by atoms with Gasteiger partial charge < -0.3 is 5.11 Å². The van der Waals surface area contributed by atoms with Crippen LogP contribution in [0.4, 0.5) is 4.39 Å². The van der Waals surface area contributed by atoms with Crippen LogP contribution in [0, 0.1) is 19.7 Å². The van der Waals surface area contributed by atoms with Gasteiger partial charge in [-0.25, -0.2) is 4.39 Å². The molecule has 110 valence electrons. The molecule has 21 heavy (non-hydrogen) atoms. The molecule has 0 bridgehead atoms. The Hall–Kier alpha value is -1.67. The van der Waals surface area contributed by atoms with Crippen LogP contribution >= 0.6 is 0 Å². The molecular weight excluding hydrogens is 263 g/mol. The van der Waals surface area contributed by atoms with E-state index in [2.05, 4.69) is 18.2 Å². The Morgan fingerprint density at radius 2 is 1.81 bits per heavy atom. The molecule has 2 heteroatoms. The van der Waals surface area contributed by atoms with E-state index in [4.69, 9.17) is 0 Å². The number of halogens is 1. The van der Waals surface area contributed by atoms with Gasteiger partial charge in [0.1, 0.15) is 5.82 Å². The minimum Gasteiger partial charge on any atom is -0.388 e. The molecule has 2 aromatic rings. The summed E-state index contributed by atoms with van der Waals surface area (Å²) in [5.41, 5.74) is 5.15. The van der Waals surface area contributed by atoms with Gasteiger partial charge in [-0.2, -0.15) is 0 Å². The fourth-order valence-corrected chi connectivity index (χ4v) is 3.71. The third-order valence-electron chi connectivity index (χ3n) is 4.65. The molecule has 1 N–H and O–H groups in total. The molecule has 2 unspecified atom stereocenters. The summed E-state index contributed by atoms with van der Waals surface area (Å²) in [5, 5.41) is 10.9. The van der Waals surface area contributed by atoms with Gasteiger partial charge in [-0.1, -0.05) is 24.3 Å². The van der Waals surface area contributed by atoms with E-state index in [9.17, 15) is 9.50 Å². The summed E-state index contributed by atoms with van der Waals surface area (Å²) < 4.78 is 13.5. The van der Waals surface area contributed by atoms with E-state index >= 15 is 0 Å². The Labute approximate surface area is 125 Å². The Morgan fingerprint density at radius 1 is 1.14 bits per heavy atom. The molecule has 0 aromatic heterocycles. The molecule has 3 rings (SSSR count). The molecule has 2 aromatic carbocycles. The molecule has 0 saturated carbocycles. The minimum atomic E-state index is -0.563. The van der Waals surface area contributed by atoms with Gasteiger partial charge in [0.25, 0.3) is 0 Å². The van der Waals surface area contributed by atoms with Crippen LogP contribution in [0.5, 0.6) is 0 Å².